The molecule has 0 atom stereocenters. The maximum absolute atomic E-state index is 13.7. The van der Waals surface area contributed by atoms with E-state index >= 15 is 0 Å². The first-order valence-electron chi connectivity index (χ1n) is 7.84. The van der Waals surface area contributed by atoms with Gasteiger partial charge >= 0.3 is 6.18 Å². The van der Waals surface area contributed by atoms with Gasteiger partial charge in [0.2, 0.25) is 6.41 Å². The Morgan fingerprint density at radius 3 is 2.24 bits per heavy atom. The molecule has 0 saturated heterocycles. The molecule has 0 aliphatic heterocycles. The average molecular weight is 434 g/mol. The van der Waals surface area contributed by atoms with Crippen LogP contribution in [0.4, 0.5) is 37.7 Å². The molecule has 1 aromatic heterocycles. The van der Waals surface area contributed by atoms with Crippen molar-refractivity contribution in [1.29, 1.82) is 0 Å². The summed E-state index contributed by atoms with van der Waals surface area (Å²) in [4.78, 5) is 12.3. The topological polar surface area (TPSA) is 38.1 Å². The van der Waals surface area contributed by atoms with Crippen LogP contribution in [0.25, 0.3) is 11.1 Å². The van der Waals surface area contributed by atoms with Crippen LogP contribution in [-0.2, 0) is 18.0 Å². The van der Waals surface area contributed by atoms with Crippen LogP contribution in [0.15, 0.2) is 36.4 Å². The summed E-state index contributed by atoms with van der Waals surface area (Å²) in [5.41, 5.74) is -2.59. The van der Waals surface area contributed by atoms with Crippen molar-refractivity contribution in [2.75, 3.05) is 4.90 Å². The Bertz CT molecular complexity index is 1070. The highest BCUT2D eigenvalue weighted by atomic mass is 35.5. The third-order valence-corrected chi connectivity index (χ3v) is 4.45. The number of anilines is 2. The molecule has 0 N–H and O–H groups in total. The summed E-state index contributed by atoms with van der Waals surface area (Å²) < 4.78 is 81.6. The third kappa shape index (κ3) is 3.67. The number of alkyl halides is 3. The summed E-state index contributed by atoms with van der Waals surface area (Å²) in [7, 11) is 1.15. The molecule has 0 aliphatic rings. The van der Waals surface area contributed by atoms with Crippen LogP contribution in [0, 0.1) is 17.5 Å². The molecule has 1 amide bonds. The lowest BCUT2D eigenvalue weighted by Crippen LogP contribution is -2.19. The van der Waals surface area contributed by atoms with Crippen molar-refractivity contribution in [2.24, 2.45) is 7.05 Å². The predicted molar refractivity (Wildman–Crippen MR) is 93.2 cm³/mol. The molecule has 0 radical (unpaired) electrons. The summed E-state index contributed by atoms with van der Waals surface area (Å²) in [5.74, 6) is -4.70. The van der Waals surface area contributed by atoms with E-state index in [4.69, 9.17) is 11.6 Å². The smallest absolute Gasteiger partial charge is 0.278 e. The quantitative estimate of drug-likeness (QED) is 0.311. The lowest BCUT2D eigenvalue weighted by atomic mass is 10.0. The molecule has 3 aromatic rings. The molecule has 0 spiro atoms. The van der Waals surface area contributed by atoms with Crippen molar-refractivity contribution in [1.82, 2.24) is 9.78 Å². The Labute approximate surface area is 164 Å². The first-order valence-corrected chi connectivity index (χ1v) is 8.22. The largest absolute Gasteiger partial charge is 0.437 e. The van der Waals surface area contributed by atoms with Gasteiger partial charge in [-0.1, -0.05) is 29.8 Å². The van der Waals surface area contributed by atoms with E-state index in [0.717, 1.165) is 11.7 Å². The number of aryl methyl sites for hydroxylation is 1. The van der Waals surface area contributed by atoms with Gasteiger partial charge < -0.3 is 0 Å². The van der Waals surface area contributed by atoms with Gasteiger partial charge in [-0.2, -0.15) is 18.3 Å². The minimum absolute atomic E-state index is 0.0366. The van der Waals surface area contributed by atoms with E-state index in [-0.39, 0.29) is 23.2 Å². The lowest BCUT2D eigenvalue weighted by molar-refractivity contribution is -0.140. The second kappa shape index (κ2) is 7.43. The fraction of sp³-hybridized carbons (Fsp3) is 0.111. The van der Waals surface area contributed by atoms with E-state index in [0.29, 0.717) is 17.0 Å². The molecule has 0 fully saturated rings. The van der Waals surface area contributed by atoms with Crippen molar-refractivity contribution in [3.8, 4) is 11.1 Å². The van der Waals surface area contributed by atoms with Crippen molar-refractivity contribution < 1.29 is 31.1 Å². The monoisotopic (exact) mass is 433 g/mol. The first-order chi connectivity index (χ1) is 13.6. The van der Waals surface area contributed by atoms with E-state index in [1.807, 2.05) is 0 Å². The van der Waals surface area contributed by atoms with Gasteiger partial charge in [-0.3, -0.25) is 14.4 Å². The second-order valence-electron chi connectivity index (χ2n) is 5.86. The summed E-state index contributed by atoms with van der Waals surface area (Å²) >= 11 is 5.94. The first kappa shape index (κ1) is 20.7. The van der Waals surface area contributed by atoms with E-state index in [1.165, 1.54) is 24.3 Å². The Balaban J connectivity index is 2.27. The summed E-state index contributed by atoms with van der Waals surface area (Å²) in [6.07, 6.45) is -4.88. The molecule has 0 aliphatic carbocycles. The summed E-state index contributed by atoms with van der Waals surface area (Å²) in [6, 6.07) is 6.69. The van der Waals surface area contributed by atoms with E-state index in [9.17, 15) is 31.1 Å². The molecule has 29 heavy (non-hydrogen) atoms. The van der Waals surface area contributed by atoms with Gasteiger partial charge in [-0.25, -0.2) is 13.2 Å². The van der Waals surface area contributed by atoms with E-state index in [2.05, 4.69) is 5.10 Å². The Morgan fingerprint density at radius 1 is 1.10 bits per heavy atom. The number of amides is 1. The van der Waals surface area contributed by atoms with Crippen LogP contribution in [0.1, 0.15) is 5.69 Å². The van der Waals surface area contributed by atoms with Gasteiger partial charge in [0.15, 0.2) is 28.3 Å². The van der Waals surface area contributed by atoms with E-state index in [1.54, 1.807) is 0 Å². The number of rotatable bonds is 4. The third-order valence-electron chi connectivity index (χ3n) is 4.03. The molecular weight excluding hydrogens is 424 g/mol. The van der Waals surface area contributed by atoms with Crippen LogP contribution in [0.3, 0.4) is 0 Å². The molecule has 2 aromatic carbocycles. The van der Waals surface area contributed by atoms with Gasteiger partial charge in [-0.15, -0.1) is 0 Å². The fourth-order valence-electron chi connectivity index (χ4n) is 2.77. The lowest BCUT2D eigenvalue weighted by Gasteiger charge is -2.22. The second-order valence-corrected chi connectivity index (χ2v) is 6.21. The van der Waals surface area contributed by atoms with Crippen LogP contribution in [0.2, 0.25) is 5.15 Å². The molecule has 0 unspecified atom stereocenters. The Morgan fingerprint density at radius 2 is 1.69 bits per heavy atom. The van der Waals surface area contributed by atoms with Crippen molar-refractivity contribution in [3.63, 3.8) is 0 Å². The summed E-state index contributed by atoms with van der Waals surface area (Å²) in [6.45, 7) is 0. The number of halogens is 7. The van der Waals surface area contributed by atoms with Gasteiger partial charge in [0.1, 0.15) is 5.69 Å². The molecule has 3 rings (SSSR count). The average Bonchev–Trinajstić information content (AvgIpc) is 2.96. The van der Waals surface area contributed by atoms with Gasteiger partial charge in [0.05, 0.1) is 5.69 Å². The van der Waals surface area contributed by atoms with Crippen molar-refractivity contribution in [2.45, 2.75) is 6.18 Å². The molecule has 152 valence electrons. The van der Waals surface area contributed by atoms with Crippen molar-refractivity contribution in [3.05, 3.63) is 64.7 Å². The Kier molecular flexibility index (Phi) is 5.31. The number of para-hydroxylation sites is 1. The highest BCUT2D eigenvalue weighted by Gasteiger charge is 2.41. The zero-order chi connectivity index (χ0) is 21.5. The number of aromatic nitrogens is 2. The standard InChI is InChI=1S/C18H10ClF6N3O/c1-27-17(19)15(16(26-27)18(23,24)25)28(8-29)13-5-3-2-4-10(13)9-6-11(20)14(22)12(21)7-9/h2-8H,1H3. The van der Waals surface area contributed by atoms with Gasteiger partial charge in [0, 0.05) is 12.6 Å². The number of benzene rings is 2. The highest BCUT2D eigenvalue weighted by Crippen LogP contribution is 2.44. The molecule has 0 saturated carbocycles. The molecule has 4 nitrogen and oxygen atoms in total. The van der Waals surface area contributed by atoms with Crippen LogP contribution in [-0.4, -0.2) is 16.2 Å². The minimum atomic E-state index is -4.94. The summed E-state index contributed by atoms with van der Waals surface area (Å²) in [5, 5.41) is 2.82. The van der Waals surface area contributed by atoms with E-state index < -0.39 is 40.2 Å². The zero-order valence-electron chi connectivity index (χ0n) is 14.4. The van der Waals surface area contributed by atoms with Gasteiger partial charge in [-0.05, 0) is 23.8 Å². The number of hydrogen-bond donors (Lipinski definition) is 0. The number of nitrogens with zero attached hydrogens (tertiary/aromatic N) is 3. The number of hydrogen-bond acceptors (Lipinski definition) is 2. The fourth-order valence-corrected chi connectivity index (χ4v) is 2.98. The molecule has 0 bridgehead atoms. The van der Waals surface area contributed by atoms with Crippen LogP contribution < -0.4 is 4.90 Å². The van der Waals surface area contributed by atoms with Gasteiger partial charge in [0.25, 0.3) is 0 Å². The van der Waals surface area contributed by atoms with Crippen molar-refractivity contribution >= 4 is 29.4 Å². The maximum atomic E-state index is 13.7. The predicted octanol–water partition coefficient (Wildman–Crippen LogP) is 5.47. The molecular formula is C18H10ClF6N3O. The Hall–Kier alpha value is -3.01. The zero-order valence-corrected chi connectivity index (χ0v) is 15.2. The minimum Gasteiger partial charge on any atom is -0.278 e. The molecule has 1 heterocycles. The maximum Gasteiger partial charge on any atom is 0.437 e. The normalized spacial score (nSPS) is 11.6. The number of carbonyl (C=O) groups is 1. The van der Waals surface area contributed by atoms with Crippen LogP contribution >= 0.6 is 11.6 Å². The molecule has 11 heteroatoms. The number of carbonyl (C=O) groups excluding carboxylic acids is 1. The van der Waals surface area contributed by atoms with Crippen LogP contribution in [0.5, 0.6) is 0 Å². The highest BCUT2D eigenvalue weighted by molar-refractivity contribution is 6.33. The SMILES string of the molecule is Cn1nc(C(F)(F)F)c(N(C=O)c2ccccc2-c2cc(F)c(F)c(F)c2)c1Cl.